The van der Waals surface area contributed by atoms with Crippen molar-refractivity contribution in [2.24, 2.45) is 5.92 Å². The van der Waals surface area contributed by atoms with E-state index in [4.69, 9.17) is 4.74 Å². The Hall–Kier alpha value is -1.09. The van der Waals surface area contributed by atoms with Gasteiger partial charge in [0, 0.05) is 34.7 Å². The van der Waals surface area contributed by atoms with E-state index >= 15 is 0 Å². The van der Waals surface area contributed by atoms with Crippen molar-refractivity contribution >= 4 is 44.3 Å². The highest BCUT2D eigenvalue weighted by Crippen LogP contribution is 2.27. The zero-order valence-corrected chi connectivity index (χ0v) is 16.1. The number of fused-ring (bicyclic) bond motifs is 2. The van der Waals surface area contributed by atoms with Crippen LogP contribution in [0.25, 0.3) is 16.0 Å². The first-order valence-corrected chi connectivity index (χ1v) is 9.61. The summed E-state index contributed by atoms with van der Waals surface area (Å²) in [6, 6.07) is 4.31. The summed E-state index contributed by atoms with van der Waals surface area (Å²) in [5.41, 5.74) is 6.51. The number of nitrogens with zero attached hydrogens (tertiary/aromatic N) is 1. The largest absolute Gasteiger partial charge is 0.624 e. The Kier molecular flexibility index (Phi) is 4.32. The van der Waals surface area contributed by atoms with Crippen LogP contribution in [0.15, 0.2) is 17.8 Å². The van der Waals surface area contributed by atoms with Crippen molar-refractivity contribution in [1.82, 2.24) is 5.43 Å². The molecule has 6 heteroatoms. The van der Waals surface area contributed by atoms with E-state index in [0.29, 0.717) is 0 Å². The minimum Gasteiger partial charge on any atom is -0.624 e. The normalized spacial score (nSPS) is 25.8. The summed E-state index contributed by atoms with van der Waals surface area (Å²) in [5.74, 6) is 0.233. The number of hydrogen-bond acceptors (Lipinski definition) is 4. The Bertz CT molecular complexity index is 812. The van der Waals surface area contributed by atoms with Crippen LogP contribution in [0, 0.1) is 11.1 Å². The topological polar surface area (TPSA) is 52.0 Å². The first kappa shape index (κ1) is 16.4. The van der Waals surface area contributed by atoms with Crippen molar-refractivity contribution < 1.29 is 9.80 Å². The van der Waals surface area contributed by atoms with Gasteiger partial charge in [-0.1, -0.05) is 13.8 Å². The third-order valence-corrected chi connectivity index (χ3v) is 6.03. The molecule has 24 heavy (non-hydrogen) atoms. The standard InChI is InChI=1S/C18H22IN3O2/c1-11(2)18-17(19)14-7-12-9-20-22(16-5-3-4-6-24-16)15(12)8-13(14)10-21(18)23/h7-11,16,20-21H,3-6H2,1-2H3. The van der Waals surface area contributed by atoms with Gasteiger partial charge < -0.3 is 20.4 Å². The van der Waals surface area contributed by atoms with Crippen LogP contribution in [0.5, 0.6) is 0 Å². The van der Waals surface area contributed by atoms with Gasteiger partial charge in [0.05, 0.1) is 9.27 Å². The van der Waals surface area contributed by atoms with Crippen LogP contribution >= 0.6 is 22.6 Å². The molecule has 0 aromatic heterocycles. The SMILES string of the molecule is CC(C)C1=C(I)c2cc3c(cc2=C[NH+]1[O-])N(C1CCCCO1)NC=3. The molecule has 0 saturated carbocycles. The maximum absolute atomic E-state index is 12.5. The summed E-state index contributed by atoms with van der Waals surface area (Å²) >= 11 is 2.32. The number of rotatable bonds is 2. The summed E-state index contributed by atoms with van der Waals surface area (Å²) in [7, 11) is 0. The maximum Gasteiger partial charge on any atom is 0.148 e. The van der Waals surface area contributed by atoms with Crippen molar-refractivity contribution in [3.8, 4) is 0 Å². The Morgan fingerprint density at radius 2 is 2.17 bits per heavy atom. The average Bonchev–Trinajstić information content (AvgIpc) is 2.96. The van der Waals surface area contributed by atoms with Gasteiger partial charge in [0.2, 0.25) is 0 Å². The van der Waals surface area contributed by atoms with Gasteiger partial charge in [-0.05, 0) is 54.0 Å². The van der Waals surface area contributed by atoms with Crippen LogP contribution in [0.1, 0.15) is 38.7 Å². The van der Waals surface area contributed by atoms with E-state index in [1.807, 2.05) is 6.20 Å². The smallest absolute Gasteiger partial charge is 0.148 e. The minimum absolute atomic E-state index is 0.0643. The number of halogens is 1. The molecule has 0 amide bonds. The molecule has 3 heterocycles. The Labute approximate surface area is 155 Å². The average molecular weight is 439 g/mol. The van der Waals surface area contributed by atoms with Crippen LogP contribution in [-0.4, -0.2) is 12.8 Å². The molecule has 3 aliphatic rings. The zero-order chi connectivity index (χ0) is 16.8. The van der Waals surface area contributed by atoms with E-state index < -0.39 is 0 Å². The summed E-state index contributed by atoms with van der Waals surface area (Å²) in [6.07, 6.45) is 7.22. The Morgan fingerprint density at radius 3 is 2.88 bits per heavy atom. The molecule has 2 atom stereocenters. The second-order valence-corrected chi connectivity index (χ2v) is 7.93. The lowest BCUT2D eigenvalue weighted by atomic mass is 10.0. The number of hydrogen-bond donors (Lipinski definition) is 2. The van der Waals surface area contributed by atoms with E-state index in [1.165, 1.54) is 6.42 Å². The second kappa shape index (κ2) is 6.33. The predicted molar refractivity (Wildman–Crippen MR) is 104 cm³/mol. The molecule has 2 unspecified atom stereocenters. The molecular weight excluding hydrogens is 417 g/mol. The molecule has 4 rings (SSSR count). The monoisotopic (exact) mass is 439 g/mol. The van der Waals surface area contributed by atoms with E-state index in [0.717, 1.165) is 50.4 Å². The van der Waals surface area contributed by atoms with Crippen molar-refractivity contribution in [2.45, 2.75) is 39.3 Å². The maximum atomic E-state index is 12.5. The molecule has 1 saturated heterocycles. The van der Waals surface area contributed by atoms with E-state index in [-0.39, 0.29) is 17.2 Å². The molecule has 0 spiro atoms. The fraction of sp³-hybridized carbons (Fsp3) is 0.444. The van der Waals surface area contributed by atoms with Crippen LogP contribution in [0.2, 0.25) is 0 Å². The summed E-state index contributed by atoms with van der Waals surface area (Å²) in [6.45, 7) is 4.97. The van der Waals surface area contributed by atoms with Crippen molar-refractivity contribution in [3.63, 3.8) is 0 Å². The molecule has 5 nitrogen and oxygen atoms in total. The Morgan fingerprint density at radius 1 is 1.33 bits per heavy atom. The third-order valence-electron chi connectivity index (χ3n) is 4.86. The van der Waals surface area contributed by atoms with Gasteiger partial charge in [-0.25, -0.2) is 0 Å². The van der Waals surface area contributed by atoms with Crippen LogP contribution in [0.3, 0.4) is 0 Å². The lowest BCUT2D eigenvalue weighted by molar-refractivity contribution is -0.718. The number of anilines is 1. The van der Waals surface area contributed by atoms with Gasteiger partial charge >= 0.3 is 0 Å². The number of hydrazine groups is 1. The number of nitrogens with one attached hydrogen (secondary N) is 2. The predicted octanol–water partition coefficient (Wildman–Crippen LogP) is 1.17. The highest BCUT2D eigenvalue weighted by atomic mass is 127. The fourth-order valence-electron chi connectivity index (χ4n) is 3.64. The number of hydroxylamine groups is 2. The molecule has 0 radical (unpaired) electrons. The fourth-order valence-corrected chi connectivity index (χ4v) is 5.00. The van der Waals surface area contributed by atoms with Crippen molar-refractivity contribution in [2.75, 3.05) is 11.6 Å². The van der Waals surface area contributed by atoms with Gasteiger partial charge in [-0.3, -0.25) is 5.01 Å². The van der Waals surface area contributed by atoms with Gasteiger partial charge in [-0.2, -0.15) is 0 Å². The highest BCUT2D eigenvalue weighted by Gasteiger charge is 2.28. The molecule has 0 bridgehead atoms. The van der Waals surface area contributed by atoms with Crippen molar-refractivity contribution in [1.29, 1.82) is 0 Å². The Balaban J connectivity index is 1.78. The van der Waals surface area contributed by atoms with Crippen LogP contribution in [-0.2, 0) is 4.74 Å². The van der Waals surface area contributed by atoms with Gasteiger partial charge in [0.15, 0.2) is 0 Å². The molecule has 2 N–H and O–H groups in total. The molecular formula is C18H22IN3O2. The number of benzene rings is 1. The van der Waals surface area contributed by atoms with Gasteiger partial charge in [0.25, 0.3) is 0 Å². The van der Waals surface area contributed by atoms with Gasteiger partial charge in [-0.15, -0.1) is 0 Å². The van der Waals surface area contributed by atoms with E-state index in [2.05, 4.69) is 59.0 Å². The quantitative estimate of drug-likeness (QED) is 0.537. The number of allylic oxidation sites excluding steroid dienone is 1. The molecule has 1 fully saturated rings. The zero-order valence-electron chi connectivity index (χ0n) is 13.9. The molecule has 1 aromatic carbocycles. The lowest BCUT2D eigenvalue weighted by Crippen LogP contribution is -3.01. The summed E-state index contributed by atoms with van der Waals surface area (Å²) < 4.78 is 6.99. The number of ether oxygens (including phenoxy) is 1. The van der Waals surface area contributed by atoms with Crippen LogP contribution < -0.4 is 25.9 Å². The van der Waals surface area contributed by atoms with E-state index in [9.17, 15) is 5.21 Å². The molecule has 3 aliphatic heterocycles. The van der Waals surface area contributed by atoms with Crippen LogP contribution in [0.4, 0.5) is 5.69 Å². The third kappa shape index (κ3) is 2.65. The van der Waals surface area contributed by atoms with E-state index in [1.54, 1.807) is 6.20 Å². The number of quaternary nitrogens is 1. The molecule has 0 aliphatic carbocycles. The minimum atomic E-state index is 0.0643. The first-order chi connectivity index (χ1) is 11.6. The summed E-state index contributed by atoms with van der Waals surface area (Å²) in [4.78, 5) is 0. The summed E-state index contributed by atoms with van der Waals surface area (Å²) in [5, 5.41) is 16.9. The molecule has 128 valence electrons. The first-order valence-electron chi connectivity index (χ1n) is 8.53. The lowest BCUT2D eigenvalue weighted by Gasteiger charge is -2.33. The molecule has 1 aromatic rings. The highest BCUT2D eigenvalue weighted by molar-refractivity contribution is 14.1. The van der Waals surface area contributed by atoms with Gasteiger partial charge in [0.1, 0.15) is 18.1 Å². The van der Waals surface area contributed by atoms with Crippen molar-refractivity contribution in [3.05, 3.63) is 39.0 Å². The second-order valence-electron chi connectivity index (χ2n) is 6.85.